The van der Waals surface area contributed by atoms with Gasteiger partial charge in [0.2, 0.25) is 10.0 Å². The number of carbonyl (C=O) groups excluding carboxylic acids is 1. The molecule has 5 nitrogen and oxygen atoms in total. The van der Waals surface area contributed by atoms with E-state index < -0.39 is 21.3 Å². The van der Waals surface area contributed by atoms with E-state index in [-0.39, 0.29) is 27.8 Å². The molecular formula is C18H20ClFN2O3S. The van der Waals surface area contributed by atoms with Crippen molar-refractivity contribution in [3.05, 3.63) is 64.4 Å². The van der Waals surface area contributed by atoms with Crippen LogP contribution in [0.4, 0.5) is 4.39 Å². The maximum absolute atomic E-state index is 14.0. The first kappa shape index (κ1) is 20.4. The fourth-order valence-corrected chi connectivity index (χ4v) is 3.42. The van der Waals surface area contributed by atoms with Crippen LogP contribution in [0.2, 0.25) is 5.02 Å². The zero-order valence-electron chi connectivity index (χ0n) is 14.6. The summed E-state index contributed by atoms with van der Waals surface area (Å²) in [6, 6.07) is 10.2. The van der Waals surface area contributed by atoms with Crippen molar-refractivity contribution in [3.63, 3.8) is 0 Å². The third-order valence-electron chi connectivity index (χ3n) is 4.06. The summed E-state index contributed by atoms with van der Waals surface area (Å²) >= 11 is 6.04. The standard InChI is InChI=1S/C18H20ClFN2O3S/c1-18(2,14-6-4-5-7-16(14)20)11-22-17(23)13-10-12(8-9-15(13)19)26(24,25)21-3/h4-10,21H,11H2,1-3H3,(H,22,23). The minimum Gasteiger partial charge on any atom is -0.351 e. The van der Waals surface area contributed by atoms with Crippen LogP contribution in [0.15, 0.2) is 47.4 Å². The smallest absolute Gasteiger partial charge is 0.252 e. The highest BCUT2D eigenvalue weighted by atomic mass is 35.5. The molecule has 140 valence electrons. The Hall–Kier alpha value is -1.96. The van der Waals surface area contributed by atoms with Crippen molar-refractivity contribution >= 4 is 27.5 Å². The van der Waals surface area contributed by atoms with Crippen LogP contribution in [-0.2, 0) is 15.4 Å². The Morgan fingerprint density at radius 2 is 1.85 bits per heavy atom. The van der Waals surface area contributed by atoms with Gasteiger partial charge in [-0.25, -0.2) is 17.5 Å². The molecule has 0 aliphatic rings. The highest BCUT2D eigenvalue weighted by Gasteiger charge is 2.25. The number of amides is 1. The lowest BCUT2D eigenvalue weighted by Crippen LogP contribution is -2.37. The zero-order chi connectivity index (χ0) is 19.5. The third kappa shape index (κ3) is 4.41. The molecule has 0 atom stereocenters. The highest BCUT2D eigenvalue weighted by Crippen LogP contribution is 2.25. The van der Waals surface area contributed by atoms with Gasteiger partial charge in [-0.15, -0.1) is 0 Å². The monoisotopic (exact) mass is 398 g/mol. The van der Waals surface area contributed by atoms with Gasteiger partial charge in [-0.3, -0.25) is 4.79 Å². The van der Waals surface area contributed by atoms with Crippen molar-refractivity contribution in [1.82, 2.24) is 10.0 Å². The number of halogens is 2. The van der Waals surface area contributed by atoms with Crippen molar-refractivity contribution < 1.29 is 17.6 Å². The maximum Gasteiger partial charge on any atom is 0.252 e. The van der Waals surface area contributed by atoms with Crippen LogP contribution in [0.5, 0.6) is 0 Å². The normalized spacial score (nSPS) is 12.0. The molecule has 2 rings (SSSR count). The van der Waals surface area contributed by atoms with Gasteiger partial charge in [-0.1, -0.05) is 43.6 Å². The number of carbonyl (C=O) groups is 1. The average Bonchev–Trinajstić information content (AvgIpc) is 2.60. The minimum atomic E-state index is -3.70. The molecule has 0 aromatic heterocycles. The van der Waals surface area contributed by atoms with Gasteiger partial charge in [0, 0.05) is 12.0 Å². The summed E-state index contributed by atoms with van der Waals surface area (Å²) in [6.45, 7) is 3.75. The van der Waals surface area contributed by atoms with E-state index in [9.17, 15) is 17.6 Å². The summed E-state index contributed by atoms with van der Waals surface area (Å²) in [7, 11) is -2.42. The van der Waals surface area contributed by atoms with Gasteiger partial charge in [-0.2, -0.15) is 0 Å². The second-order valence-electron chi connectivity index (χ2n) is 6.40. The molecular weight excluding hydrogens is 379 g/mol. The van der Waals surface area contributed by atoms with Crippen molar-refractivity contribution in [2.24, 2.45) is 0 Å². The summed E-state index contributed by atoms with van der Waals surface area (Å²) in [5, 5.41) is 2.82. The molecule has 0 aliphatic carbocycles. The summed E-state index contributed by atoms with van der Waals surface area (Å²) < 4.78 is 40.0. The summed E-state index contributed by atoms with van der Waals surface area (Å²) in [5.41, 5.74) is -0.160. The molecule has 0 unspecified atom stereocenters. The van der Waals surface area contributed by atoms with Crippen LogP contribution in [-0.4, -0.2) is 27.9 Å². The predicted octanol–water partition coefficient (Wildman–Crippen LogP) is 3.09. The third-order valence-corrected chi connectivity index (χ3v) is 5.80. The van der Waals surface area contributed by atoms with Crippen molar-refractivity contribution in [3.8, 4) is 0 Å². The number of benzene rings is 2. The second kappa shape index (κ2) is 7.73. The predicted molar refractivity (Wildman–Crippen MR) is 99.5 cm³/mol. The van der Waals surface area contributed by atoms with Gasteiger partial charge in [0.15, 0.2) is 0 Å². The van der Waals surface area contributed by atoms with Gasteiger partial charge in [0.25, 0.3) is 5.91 Å². The molecule has 2 aromatic carbocycles. The Kier molecular flexibility index (Phi) is 6.05. The number of hydrogen-bond donors (Lipinski definition) is 2. The molecule has 0 saturated carbocycles. The Bertz CT molecular complexity index is 930. The average molecular weight is 399 g/mol. The molecule has 0 radical (unpaired) electrons. The van der Waals surface area contributed by atoms with Crippen LogP contribution in [0, 0.1) is 5.82 Å². The Morgan fingerprint density at radius 1 is 1.19 bits per heavy atom. The molecule has 2 N–H and O–H groups in total. The first-order chi connectivity index (χ1) is 12.1. The van der Waals surface area contributed by atoms with Crippen molar-refractivity contribution in [2.45, 2.75) is 24.2 Å². The molecule has 0 aliphatic heterocycles. The van der Waals surface area contributed by atoms with E-state index in [1.807, 2.05) is 0 Å². The Balaban J connectivity index is 2.23. The van der Waals surface area contributed by atoms with Crippen LogP contribution >= 0.6 is 11.6 Å². The van der Waals surface area contributed by atoms with E-state index >= 15 is 0 Å². The maximum atomic E-state index is 14.0. The first-order valence-electron chi connectivity index (χ1n) is 7.85. The van der Waals surface area contributed by atoms with E-state index in [4.69, 9.17) is 11.6 Å². The summed E-state index contributed by atoms with van der Waals surface area (Å²) in [5.74, 6) is -0.889. The molecule has 0 spiro atoms. The molecule has 0 fully saturated rings. The quantitative estimate of drug-likeness (QED) is 0.785. The highest BCUT2D eigenvalue weighted by molar-refractivity contribution is 7.89. The van der Waals surface area contributed by atoms with Gasteiger partial charge >= 0.3 is 0 Å². The van der Waals surface area contributed by atoms with E-state index in [0.717, 1.165) is 0 Å². The minimum absolute atomic E-state index is 0.0346. The van der Waals surface area contributed by atoms with Crippen molar-refractivity contribution in [2.75, 3.05) is 13.6 Å². The van der Waals surface area contributed by atoms with Gasteiger partial charge in [0.05, 0.1) is 15.5 Å². The SMILES string of the molecule is CNS(=O)(=O)c1ccc(Cl)c(C(=O)NCC(C)(C)c2ccccc2F)c1. The second-order valence-corrected chi connectivity index (χ2v) is 8.69. The largest absolute Gasteiger partial charge is 0.351 e. The molecule has 1 amide bonds. The fraction of sp³-hybridized carbons (Fsp3) is 0.278. The zero-order valence-corrected chi connectivity index (χ0v) is 16.2. The van der Waals surface area contributed by atoms with E-state index in [1.165, 1.54) is 31.3 Å². The topological polar surface area (TPSA) is 75.3 Å². The van der Waals surface area contributed by atoms with Gasteiger partial charge < -0.3 is 5.32 Å². The number of nitrogens with one attached hydrogen (secondary N) is 2. The number of rotatable bonds is 6. The molecule has 0 saturated heterocycles. The van der Waals surface area contributed by atoms with E-state index in [0.29, 0.717) is 5.56 Å². The molecule has 2 aromatic rings. The van der Waals surface area contributed by atoms with Crippen LogP contribution in [0.1, 0.15) is 29.8 Å². The molecule has 0 bridgehead atoms. The van der Waals surface area contributed by atoms with Crippen LogP contribution < -0.4 is 10.0 Å². The summed E-state index contributed by atoms with van der Waals surface area (Å²) in [4.78, 5) is 12.4. The Labute approximate surface area is 157 Å². The van der Waals surface area contributed by atoms with E-state index in [2.05, 4.69) is 10.0 Å². The molecule has 8 heteroatoms. The summed E-state index contributed by atoms with van der Waals surface area (Å²) in [6.07, 6.45) is 0. The molecule has 26 heavy (non-hydrogen) atoms. The molecule has 0 heterocycles. The van der Waals surface area contributed by atoms with Crippen LogP contribution in [0.25, 0.3) is 0 Å². The van der Waals surface area contributed by atoms with E-state index in [1.54, 1.807) is 32.0 Å². The Morgan fingerprint density at radius 3 is 2.46 bits per heavy atom. The lowest BCUT2D eigenvalue weighted by atomic mass is 9.84. The number of sulfonamides is 1. The number of hydrogen-bond acceptors (Lipinski definition) is 3. The van der Waals surface area contributed by atoms with Gasteiger partial charge in [-0.05, 0) is 36.9 Å². The fourth-order valence-electron chi connectivity index (χ4n) is 2.47. The lowest BCUT2D eigenvalue weighted by molar-refractivity contribution is 0.0945. The lowest BCUT2D eigenvalue weighted by Gasteiger charge is -2.26. The van der Waals surface area contributed by atoms with Crippen LogP contribution in [0.3, 0.4) is 0 Å². The van der Waals surface area contributed by atoms with Crippen molar-refractivity contribution in [1.29, 1.82) is 0 Å². The first-order valence-corrected chi connectivity index (χ1v) is 9.71. The van der Waals surface area contributed by atoms with Gasteiger partial charge in [0.1, 0.15) is 5.82 Å².